The number of piperidine rings is 1. The van der Waals surface area contributed by atoms with Crippen molar-refractivity contribution in [1.29, 1.82) is 0 Å². The Kier molecular flexibility index (Phi) is 6.11. The highest BCUT2D eigenvalue weighted by Crippen LogP contribution is 2.26. The fraction of sp³-hybridized carbons (Fsp3) is 0.455. The summed E-state index contributed by atoms with van der Waals surface area (Å²) in [6.45, 7) is 8.27. The molecule has 156 valence electrons. The van der Waals surface area contributed by atoms with Gasteiger partial charge in [-0.2, -0.15) is 10.2 Å². The molecule has 1 unspecified atom stereocenters. The van der Waals surface area contributed by atoms with Crippen LogP contribution in [0.1, 0.15) is 45.1 Å². The number of rotatable bonds is 6. The summed E-state index contributed by atoms with van der Waals surface area (Å²) >= 11 is 0. The van der Waals surface area contributed by atoms with E-state index in [9.17, 15) is 0 Å². The second kappa shape index (κ2) is 9.11. The van der Waals surface area contributed by atoms with Gasteiger partial charge in [0, 0.05) is 31.0 Å². The first-order valence-corrected chi connectivity index (χ1v) is 10.4. The summed E-state index contributed by atoms with van der Waals surface area (Å²) in [6, 6.07) is 1.86. The maximum atomic E-state index is 6.08. The van der Waals surface area contributed by atoms with Crippen molar-refractivity contribution in [2.24, 2.45) is 5.92 Å². The van der Waals surface area contributed by atoms with Gasteiger partial charge >= 0.3 is 0 Å². The van der Waals surface area contributed by atoms with E-state index in [1.54, 1.807) is 24.8 Å². The molecule has 4 heterocycles. The number of ether oxygens (including phenoxy) is 1. The molecule has 1 aliphatic rings. The average Bonchev–Trinajstić information content (AvgIpc) is 2.80. The van der Waals surface area contributed by atoms with E-state index < -0.39 is 0 Å². The van der Waals surface area contributed by atoms with Crippen LogP contribution in [0.25, 0.3) is 11.3 Å². The molecule has 1 atom stereocenters. The first kappa shape index (κ1) is 20.1. The van der Waals surface area contributed by atoms with Gasteiger partial charge in [-0.05, 0) is 43.2 Å². The van der Waals surface area contributed by atoms with Crippen molar-refractivity contribution in [3.63, 3.8) is 0 Å². The van der Waals surface area contributed by atoms with Crippen molar-refractivity contribution in [3.8, 4) is 17.1 Å². The number of aromatic nitrogens is 6. The van der Waals surface area contributed by atoms with E-state index in [0.717, 1.165) is 43.1 Å². The highest BCUT2D eigenvalue weighted by molar-refractivity contribution is 5.55. The molecule has 0 radical (unpaired) electrons. The summed E-state index contributed by atoms with van der Waals surface area (Å²) in [4.78, 5) is 20.2. The Morgan fingerprint density at radius 3 is 2.27 bits per heavy atom. The average molecular weight is 406 g/mol. The van der Waals surface area contributed by atoms with Crippen molar-refractivity contribution in [2.45, 2.75) is 45.6 Å². The van der Waals surface area contributed by atoms with Crippen molar-refractivity contribution in [2.75, 3.05) is 18.0 Å². The minimum Gasteiger partial charge on any atom is -0.473 e. The highest BCUT2D eigenvalue weighted by Gasteiger charge is 2.26. The molecule has 0 aliphatic carbocycles. The predicted molar refractivity (Wildman–Crippen MR) is 114 cm³/mol. The van der Waals surface area contributed by atoms with Crippen molar-refractivity contribution < 1.29 is 4.74 Å². The van der Waals surface area contributed by atoms with Crippen LogP contribution in [0.4, 0.5) is 5.95 Å². The molecule has 1 aliphatic heterocycles. The molecule has 8 heteroatoms. The molecular formula is C22H27N7O. The van der Waals surface area contributed by atoms with Crippen LogP contribution in [0.3, 0.4) is 0 Å². The second-order valence-electron chi connectivity index (χ2n) is 7.99. The molecule has 0 bridgehead atoms. The lowest BCUT2D eigenvalue weighted by Gasteiger charge is -2.34. The van der Waals surface area contributed by atoms with Gasteiger partial charge in [0.05, 0.1) is 30.5 Å². The van der Waals surface area contributed by atoms with Crippen molar-refractivity contribution in [1.82, 2.24) is 30.1 Å². The lowest BCUT2D eigenvalue weighted by Crippen LogP contribution is -2.39. The number of anilines is 1. The molecule has 0 spiro atoms. The lowest BCUT2D eigenvalue weighted by atomic mass is 9.92. The number of hydrogen-bond acceptors (Lipinski definition) is 8. The smallest absolute Gasteiger partial charge is 0.232 e. The molecule has 3 aromatic heterocycles. The molecule has 4 rings (SSSR count). The third-order valence-corrected chi connectivity index (χ3v) is 5.63. The third-order valence-electron chi connectivity index (χ3n) is 5.63. The Balaban J connectivity index is 1.30. The van der Waals surface area contributed by atoms with Crippen LogP contribution in [-0.4, -0.2) is 49.3 Å². The van der Waals surface area contributed by atoms with Gasteiger partial charge in [0.1, 0.15) is 6.10 Å². The third kappa shape index (κ3) is 4.69. The molecule has 3 aromatic rings. The van der Waals surface area contributed by atoms with Gasteiger partial charge in [0.15, 0.2) is 0 Å². The van der Waals surface area contributed by atoms with Crippen molar-refractivity contribution in [3.05, 3.63) is 48.8 Å². The zero-order valence-corrected chi connectivity index (χ0v) is 17.6. The van der Waals surface area contributed by atoms with Gasteiger partial charge in [0.2, 0.25) is 11.8 Å². The Bertz CT molecular complexity index is 924. The zero-order valence-electron chi connectivity index (χ0n) is 17.6. The molecule has 30 heavy (non-hydrogen) atoms. The summed E-state index contributed by atoms with van der Waals surface area (Å²) in [5.74, 6) is 2.27. The van der Waals surface area contributed by atoms with Crippen LogP contribution in [0.2, 0.25) is 0 Å². The maximum Gasteiger partial charge on any atom is 0.232 e. The topological polar surface area (TPSA) is 89.8 Å². The first-order valence-electron chi connectivity index (χ1n) is 10.4. The van der Waals surface area contributed by atoms with E-state index in [4.69, 9.17) is 4.74 Å². The highest BCUT2D eigenvalue weighted by atomic mass is 16.5. The Hall–Kier alpha value is -3.16. The van der Waals surface area contributed by atoms with E-state index in [1.807, 2.05) is 18.5 Å². The largest absolute Gasteiger partial charge is 0.473 e. The number of nitrogens with zero attached hydrogens (tertiary/aromatic N) is 7. The summed E-state index contributed by atoms with van der Waals surface area (Å²) in [5, 5.41) is 7.65. The minimum atomic E-state index is 0.0686. The standard InChI is InChI=1S/C22H27N7O/c1-15(2)19-10-25-22(26-11-19)29-8-5-17(6-9-29)16(3)30-21-14-23-20(13-24-21)18-4-7-27-28-12-18/h4,7,10-17H,5-6,8-9H2,1-3H3. The van der Waals surface area contributed by atoms with Gasteiger partial charge in [-0.25, -0.2) is 19.9 Å². The quantitative estimate of drug-likeness (QED) is 0.615. The van der Waals surface area contributed by atoms with Crippen molar-refractivity contribution >= 4 is 5.95 Å². The Morgan fingerprint density at radius 2 is 1.67 bits per heavy atom. The van der Waals surface area contributed by atoms with Crippen LogP contribution < -0.4 is 9.64 Å². The molecule has 1 fully saturated rings. The first-order chi connectivity index (χ1) is 14.6. The van der Waals surface area contributed by atoms with Crippen LogP contribution >= 0.6 is 0 Å². The molecule has 0 N–H and O–H groups in total. The van der Waals surface area contributed by atoms with Gasteiger partial charge in [-0.15, -0.1) is 0 Å². The van der Waals surface area contributed by atoms with Gasteiger partial charge < -0.3 is 9.64 Å². The van der Waals surface area contributed by atoms with E-state index >= 15 is 0 Å². The van der Waals surface area contributed by atoms with Gasteiger partial charge in [-0.3, -0.25) is 0 Å². The van der Waals surface area contributed by atoms with Crippen LogP contribution in [0.5, 0.6) is 5.88 Å². The SMILES string of the molecule is CC(C)c1cnc(N2CCC(C(C)Oc3cnc(-c4ccnnc4)cn3)CC2)nc1. The fourth-order valence-corrected chi connectivity index (χ4v) is 3.62. The van der Waals surface area contributed by atoms with E-state index in [0.29, 0.717) is 17.7 Å². The minimum absolute atomic E-state index is 0.0686. The molecular weight excluding hydrogens is 378 g/mol. The van der Waals surface area contributed by atoms with Crippen LogP contribution in [0, 0.1) is 5.92 Å². The van der Waals surface area contributed by atoms with E-state index in [2.05, 4.69) is 55.8 Å². The monoisotopic (exact) mass is 405 g/mol. The second-order valence-corrected chi connectivity index (χ2v) is 7.99. The predicted octanol–water partition coefficient (Wildman–Crippen LogP) is 3.53. The zero-order chi connectivity index (χ0) is 20.9. The number of hydrogen-bond donors (Lipinski definition) is 0. The van der Waals surface area contributed by atoms with Crippen LogP contribution in [-0.2, 0) is 0 Å². The lowest BCUT2D eigenvalue weighted by molar-refractivity contribution is 0.127. The maximum absolute atomic E-state index is 6.08. The Labute approximate surface area is 176 Å². The molecule has 0 saturated carbocycles. The summed E-state index contributed by atoms with van der Waals surface area (Å²) in [7, 11) is 0. The molecule has 1 saturated heterocycles. The van der Waals surface area contributed by atoms with Gasteiger partial charge in [-0.1, -0.05) is 13.8 Å². The fourth-order valence-electron chi connectivity index (χ4n) is 3.62. The summed E-state index contributed by atoms with van der Waals surface area (Å²) < 4.78 is 6.08. The van der Waals surface area contributed by atoms with E-state index in [1.165, 1.54) is 5.56 Å². The normalized spacial score (nSPS) is 15.9. The summed E-state index contributed by atoms with van der Waals surface area (Å²) in [6.07, 6.45) is 12.7. The van der Waals surface area contributed by atoms with Gasteiger partial charge in [0.25, 0.3) is 0 Å². The molecule has 0 aromatic carbocycles. The van der Waals surface area contributed by atoms with E-state index in [-0.39, 0.29) is 6.10 Å². The summed E-state index contributed by atoms with van der Waals surface area (Å²) in [5.41, 5.74) is 2.80. The Morgan fingerprint density at radius 1 is 0.900 bits per heavy atom. The van der Waals surface area contributed by atoms with Crippen LogP contribution in [0.15, 0.2) is 43.2 Å². The molecule has 0 amide bonds. The molecule has 8 nitrogen and oxygen atoms in total.